The molecule has 11 heteroatoms. The lowest BCUT2D eigenvalue weighted by Crippen LogP contribution is -2.52. The number of carbonyl (C=O) groups is 2. The van der Waals surface area contributed by atoms with Crippen LogP contribution in [0.4, 0.5) is 4.79 Å². The monoisotopic (exact) mass is 502 g/mol. The van der Waals surface area contributed by atoms with Crippen molar-refractivity contribution in [2.75, 3.05) is 20.2 Å². The number of benzene rings is 2. The summed E-state index contributed by atoms with van der Waals surface area (Å²) in [4.78, 5) is 25.3. The molecule has 0 spiro atoms. The van der Waals surface area contributed by atoms with Gasteiger partial charge in [0.15, 0.2) is 0 Å². The van der Waals surface area contributed by atoms with E-state index < -0.39 is 34.0 Å². The van der Waals surface area contributed by atoms with Crippen molar-refractivity contribution < 1.29 is 27.9 Å². The van der Waals surface area contributed by atoms with Crippen LogP contribution in [0.1, 0.15) is 18.4 Å². The maximum absolute atomic E-state index is 13.0. The number of methoxy groups -OCH3 is 1. The van der Waals surface area contributed by atoms with E-state index in [1.54, 1.807) is 43.5 Å². The van der Waals surface area contributed by atoms with Gasteiger partial charge in [-0.1, -0.05) is 36.9 Å². The number of urea groups is 1. The van der Waals surface area contributed by atoms with Gasteiger partial charge >= 0.3 is 6.03 Å². The lowest BCUT2D eigenvalue weighted by Gasteiger charge is -2.26. The Labute approximate surface area is 205 Å². The third-order valence-corrected chi connectivity index (χ3v) is 7.55. The fourth-order valence-corrected chi connectivity index (χ4v) is 5.44. The Morgan fingerprint density at radius 2 is 1.91 bits per heavy atom. The predicted octanol–water partition coefficient (Wildman–Crippen LogP) is 1.90. The molecular weight excluding hydrogens is 472 g/mol. The lowest BCUT2D eigenvalue weighted by atomic mass is 10.2. The molecule has 2 atom stereocenters. The molecule has 0 aliphatic carbocycles. The number of nitrogens with one attached hydrogen (secondary N) is 3. The summed E-state index contributed by atoms with van der Waals surface area (Å²) in [6.07, 6.45) is 0.872. The number of rotatable bonds is 10. The quantitative estimate of drug-likeness (QED) is 0.366. The van der Waals surface area contributed by atoms with Crippen LogP contribution in [0.25, 0.3) is 0 Å². The summed E-state index contributed by atoms with van der Waals surface area (Å²) in [7, 11) is -2.30. The van der Waals surface area contributed by atoms with Crippen molar-refractivity contribution in [3.63, 3.8) is 0 Å². The molecule has 4 N–H and O–H groups in total. The Morgan fingerprint density at radius 1 is 1.17 bits per heavy atom. The third kappa shape index (κ3) is 6.74. The molecule has 2 aromatic rings. The molecule has 0 unspecified atom stereocenters. The van der Waals surface area contributed by atoms with Crippen molar-refractivity contribution in [3.05, 3.63) is 72.5 Å². The molecular formula is C24H30N4O6S. The molecule has 2 aromatic carbocycles. The third-order valence-electron chi connectivity index (χ3n) is 5.63. The second-order valence-electron chi connectivity index (χ2n) is 8.05. The van der Waals surface area contributed by atoms with E-state index >= 15 is 0 Å². The number of aliphatic hydroxyl groups is 1. The molecule has 1 saturated heterocycles. The van der Waals surface area contributed by atoms with Gasteiger partial charge in [0.25, 0.3) is 0 Å². The molecule has 1 fully saturated rings. The minimum atomic E-state index is -3.85. The van der Waals surface area contributed by atoms with Gasteiger partial charge in [0, 0.05) is 19.6 Å². The largest absolute Gasteiger partial charge is 0.511 e. The van der Waals surface area contributed by atoms with E-state index in [1.807, 2.05) is 6.07 Å². The Hall–Kier alpha value is -3.57. The van der Waals surface area contributed by atoms with Crippen LogP contribution in [0, 0.1) is 0 Å². The van der Waals surface area contributed by atoms with Crippen molar-refractivity contribution in [3.8, 4) is 5.75 Å². The van der Waals surface area contributed by atoms with Crippen LogP contribution in [0.15, 0.2) is 71.8 Å². The molecule has 10 nitrogen and oxygen atoms in total. The average Bonchev–Trinajstić information content (AvgIpc) is 3.37. The predicted molar refractivity (Wildman–Crippen MR) is 130 cm³/mol. The Balaban J connectivity index is 1.56. The van der Waals surface area contributed by atoms with Gasteiger partial charge in [-0.2, -0.15) is 4.31 Å². The van der Waals surface area contributed by atoms with Crippen LogP contribution in [-0.4, -0.2) is 62.1 Å². The summed E-state index contributed by atoms with van der Waals surface area (Å²) in [5, 5.41) is 17.8. The summed E-state index contributed by atoms with van der Waals surface area (Å²) < 4.78 is 32.4. The van der Waals surface area contributed by atoms with Gasteiger partial charge in [-0.25, -0.2) is 13.2 Å². The number of carbonyl (C=O) groups excluding carboxylic acids is 2. The summed E-state index contributed by atoms with van der Waals surface area (Å²) in [6, 6.07) is 12.7. The van der Waals surface area contributed by atoms with Crippen molar-refractivity contribution in [2.45, 2.75) is 36.4 Å². The van der Waals surface area contributed by atoms with Gasteiger partial charge in [0.2, 0.25) is 15.9 Å². The molecule has 35 heavy (non-hydrogen) atoms. The molecule has 1 aliphatic rings. The number of ether oxygens (including phenoxy) is 1. The normalized spacial score (nSPS) is 16.8. The number of amides is 3. The smallest absolute Gasteiger partial charge is 0.315 e. The van der Waals surface area contributed by atoms with Crippen LogP contribution < -0.4 is 20.7 Å². The van der Waals surface area contributed by atoms with Crippen molar-refractivity contribution >= 4 is 22.0 Å². The number of nitrogens with zero attached hydrogens (tertiary/aromatic N) is 1. The number of hydrogen-bond donors (Lipinski definition) is 4. The van der Waals surface area contributed by atoms with E-state index in [0.29, 0.717) is 18.6 Å². The average molecular weight is 503 g/mol. The Kier molecular flexibility index (Phi) is 8.72. The highest BCUT2D eigenvalue weighted by molar-refractivity contribution is 7.89. The fourth-order valence-electron chi connectivity index (χ4n) is 3.76. The van der Waals surface area contributed by atoms with Crippen LogP contribution in [0.3, 0.4) is 0 Å². The molecule has 3 rings (SSSR count). The van der Waals surface area contributed by atoms with E-state index in [2.05, 4.69) is 22.5 Å². The maximum atomic E-state index is 13.0. The number of hydrogen-bond acceptors (Lipinski definition) is 6. The first-order valence-corrected chi connectivity index (χ1v) is 12.6. The first kappa shape index (κ1) is 26.0. The van der Waals surface area contributed by atoms with Gasteiger partial charge in [-0.05, 0) is 42.7 Å². The molecule has 1 aliphatic heterocycles. The molecule has 0 aromatic heterocycles. The second kappa shape index (κ2) is 11.7. The van der Waals surface area contributed by atoms with Crippen molar-refractivity contribution in [1.82, 2.24) is 20.3 Å². The van der Waals surface area contributed by atoms with Crippen LogP contribution in [-0.2, 0) is 21.4 Å². The Bertz CT molecular complexity index is 1160. The minimum Gasteiger partial charge on any atom is -0.511 e. The van der Waals surface area contributed by atoms with Crippen molar-refractivity contribution in [2.24, 2.45) is 0 Å². The van der Waals surface area contributed by atoms with Crippen molar-refractivity contribution in [1.29, 1.82) is 0 Å². The summed E-state index contributed by atoms with van der Waals surface area (Å²) in [6.45, 7) is 3.79. The van der Waals surface area contributed by atoms with E-state index in [4.69, 9.17) is 4.74 Å². The van der Waals surface area contributed by atoms with Crippen LogP contribution in [0.5, 0.6) is 5.75 Å². The maximum Gasteiger partial charge on any atom is 0.315 e. The molecule has 0 radical (unpaired) electrons. The van der Waals surface area contributed by atoms with Gasteiger partial charge in [-0.15, -0.1) is 0 Å². The first-order valence-electron chi connectivity index (χ1n) is 11.1. The standard InChI is InChI=1S/C24H30N4O6S/c1-17(29)21(16-26-24(31)25-15-18-8-6-9-19(14-18)34-2)27-23(30)22-12-7-13-28(22)35(32,33)20-10-4-3-5-11-20/h3-6,8-11,14,21-22,29H,1,7,12-13,15-16H2,2H3,(H,27,30)(H2,25,26,31)/t21-,22+/m1/s1. The van der Waals surface area contributed by atoms with E-state index in [1.165, 1.54) is 16.4 Å². The molecule has 3 amide bonds. The first-order chi connectivity index (χ1) is 16.7. The van der Waals surface area contributed by atoms with E-state index in [-0.39, 0.29) is 30.3 Å². The highest BCUT2D eigenvalue weighted by Crippen LogP contribution is 2.26. The molecule has 0 bridgehead atoms. The zero-order chi connectivity index (χ0) is 25.4. The number of sulfonamides is 1. The zero-order valence-corrected chi connectivity index (χ0v) is 20.3. The summed E-state index contributed by atoms with van der Waals surface area (Å²) in [5.74, 6) is -0.262. The van der Waals surface area contributed by atoms with Gasteiger partial charge in [0.1, 0.15) is 23.6 Å². The minimum absolute atomic E-state index is 0.109. The summed E-state index contributed by atoms with van der Waals surface area (Å²) >= 11 is 0. The molecule has 188 valence electrons. The molecule has 0 saturated carbocycles. The zero-order valence-electron chi connectivity index (χ0n) is 19.4. The van der Waals surface area contributed by atoms with Gasteiger partial charge < -0.3 is 25.8 Å². The summed E-state index contributed by atoms with van der Waals surface area (Å²) in [5.41, 5.74) is 0.830. The number of aliphatic hydroxyl groups excluding tert-OH is 1. The fraction of sp³-hybridized carbons (Fsp3) is 0.333. The molecule has 1 heterocycles. The van der Waals surface area contributed by atoms with E-state index in [0.717, 1.165) is 5.56 Å². The second-order valence-corrected chi connectivity index (χ2v) is 9.95. The highest BCUT2D eigenvalue weighted by atomic mass is 32.2. The van der Waals surface area contributed by atoms with E-state index in [9.17, 15) is 23.1 Å². The topological polar surface area (TPSA) is 137 Å². The van der Waals surface area contributed by atoms with Crippen LogP contribution in [0.2, 0.25) is 0 Å². The van der Waals surface area contributed by atoms with Gasteiger partial charge in [0.05, 0.1) is 12.0 Å². The van der Waals surface area contributed by atoms with Gasteiger partial charge in [-0.3, -0.25) is 4.79 Å². The lowest BCUT2D eigenvalue weighted by molar-refractivity contribution is -0.124. The highest BCUT2D eigenvalue weighted by Gasteiger charge is 2.40. The van der Waals surface area contributed by atoms with Crippen LogP contribution >= 0.6 is 0 Å². The SMILES string of the molecule is C=C(O)[C@@H](CNC(=O)NCc1cccc(OC)c1)NC(=O)[C@@H]1CCCN1S(=O)(=O)c1ccccc1. The Morgan fingerprint density at radius 3 is 2.60 bits per heavy atom.